The first-order valence-electron chi connectivity index (χ1n) is 6.00. The normalized spacial score (nSPS) is 9.30. The van der Waals surface area contributed by atoms with Crippen LogP contribution in [0.5, 0.6) is 0 Å². The Balaban J connectivity index is 2.23. The number of hydrogen-bond donors (Lipinski definition) is 1. The largest absolute Gasteiger partial charge is 0.325 e. The second-order valence-corrected chi connectivity index (χ2v) is 4.15. The molecule has 0 saturated heterocycles. The number of benzene rings is 2. The Hall–Kier alpha value is -3.11. The van der Waals surface area contributed by atoms with Gasteiger partial charge in [-0.2, -0.15) is 10.5 Å². The van der Waals surface area contributed by atoms with Gasteiger partial charge < -0.3 is 5.32 Å². The van der Waals surface area contributed by atoms with Gasteiger partial charge in [-0.25, -0.2) is 0 Å². The summed E-state index contributed by atoms with van der Waals surface area (Å²) >= 11 is 0. The van der Waals surface area contributed by atoms with E-state index < -0.39 is 0 Å². The number of nitrogens with zero attached hydrogens (tertiary/aromatic N) is 2. The summed E-state index contributed by atoms with van der Waals surface area (Å²) in [5.74, 6) is -0.329. The summed E-state index contributed by atoms with van der Waals surface area (Å²) in [6.07, 6.45) is -0.166. The van der Waals surface area contributed by atoms with Crippen LogP contribution in [0.15, 0.2) is 48.5 Å². The number of rotatable bonds is 3. The molecule has 0 aromatic heterocycles. The molecule has 4 heteroatoms. The lowest BCUT2D eigenvalue weighted by Crippen LogP contribution is -2.09. The van der Waals surface area contributed by atoms with Crippen LogP contribution in [0.25, 0.3) is 11.1 Å². The Labute approximate surface area is 116 Å². The molecule has 0 radical (unpaired) electrons. The van der Waals surface area contributed by atoms with Crippen LogP contribution in [-0.4, -0.2) is 5.91 Å². The number of amides is 1. The fourth-order valence-electron chi connectivity index (χ4n) is 1.79. The Morgan fingerprint density at radius 3 is 2.45 bits per heavy atom. The van der Waals surface area contributed by atoms with Gasteiger partial charge in [-0.1, -0.05) is 24.3 Å². The van der Waals surface area contributed by atoms with Gasteiger partial charge in [0.25, 0.3) is 0 Å². The standard InChI is InChI=1S/C16H11N3O/c17-9-8-16(20)19-15-3-1-2-14(10-15)13-6-4-12(11-18)5-7-13/h1-7,10H,8H2,(H,19,20). The fraction of sp³-hybridized carbons (Fsp3) is 0.0625. The summed E-state index contributed by atoms with van der Waals surface area (Å²) in [5, 5.41) is 19.9. The molecule has 1 N–H and O–H groups in total. The van der Waals surface area contributed by atoms with Gasteiger partial charge >= 0.3 is 0 Å². The molecule has 0 atom stereocenters. The molecule has 0 aliphatic carbocycles. The SMILES string of the molecule is N#CCC(=O)Nc1cccc(-c2ccc(C#N)cc2)c1. The van der Waals surface area contributed by atoms with Gasteiger partial charge in [-0.3, -0.25) is 4.79 Å². The number of nitriles is 2. The summed E-state index contributed by atoms with van der Waals surface area (Å²) in [6.45, 7) is 0. The van der Waals surface area contributed by atoms with Crippen molar-refractivity contribution in [1.82, 2.24) is 0 Å². The maximum absolute atomic E-state index is 11.4. The molecule has 2 rings (SSSR count). The Morgan fingerprint density at radius 2 is 1.80 bits per heavy atom. The van der Waals surface area contributed by atoms with Crippen molar-refractivity contribution in [2.45, 2.75) is 6.42 Å². The maximum Gasteiger partial charge on any atom is 0.238 e. The van der Waals surface area contributed by atoms with Gasteiger partial charge in [-0.15, -0.1) is 0 Å². The third kappa shape index (κ3) is 3.22. The first-order valence-corrected chi connectivity index (χ1v) is 6.00. The number of carbonyl (C=O) groups is 1. The molecule has 0 heterocycles. The van der Waals surface area contributed by atoms with Crippen LogP contribution >= 0.6 is 0 Å². The molecule has 1 amide bonds. The quantitative estimate of drug-likeness (QED) is 0.922. The molecule has 0 saturated carbocycles. The highest BCUT2D eigenvalue weighted by atomic mass is 16.1. The minimum absolute atomic E-state index is 0.166. The Kier molecular flexibility index (Phi) is 4.11. The molecule has 0 unspecified atom stereocenters. The van der Waals surface area contributed by atoms with E-state index in [1.165, 1.54) is 0 Å². The minimum Gasteiger partial charge on any atom is -0.325 e. The van der Waals surface area contributed by atoms with Crippen molar-refractivity contribution < 1.29 is 4.79 Å². The zero-order valence-electron chi connectivity index (χ0n) is 10.6. The van der Waals surface area contributed by atoms with Gasteiger partial charge in [0.2, 0.25) is 5.91 Å². The van der Waals surface area contributed by atoms with Crippen LogP contribution in [-0.2, 0) is 4.79 Å². The van der Waals surface area contributed by atoms with Crippen molar-refractivity contribution in [2.24, 2.45) is 0 Å². The number of carbonyl (C=O) groups excluding carboxylic acids is 1. The van der Waals surface area contributed by atoms with Crippen LogP contribution < -0.4 is 5.32 Å². The Bertz CT molecular complexity index is 706. The second-order valence-electron chi connectivity index (χ2n) is 4.15. The molecule has 0 fully saturated rings. The highest BCUT2D eigenvalue weighted by Gasteiger charge is 2.03. The van der Waals surface area contributed by atoms with Crippen molar-refractivity contribution in [2.75, 3.05) is 5.32 Å². The van der Waals surface area contributed by atoms with Gasteiger partial charge in [0.05, 0.1) is 17.7 Å². The van der Waals surface area contributed by atoms with Crippen LogP contribution in [0.3, 0.4) is 0 Å². The minimum atomic E-state index is -0.329. The average Bonchev–Trinajstić information content (AvgIpc) is 2.48. The van der Waals surface area contributed by atoms with E-state index in [0.29, 0.717) is 11.3 Å². The molecular weight excluding hydrogens is 250 g/mol. The van der Waals surface area contributed by atoms with E-state index in [1.54, 1.807) is 24.3 Å². The average molecular weight is 261 g/mol. The predicted molar refractivity (Wildman–Crippen MR) is 75.5 cm³/mol. The van der Waals surface area contributed by atoms with Crippen molar-refractivity contribution >= 4 is 11.6 Å². The van der Waals surface area contributed by atoms with Crippen molar-refractivity contribution in [1.29, 1.82) is 10.5 Å². The van der Waals surface area contributed by atoms with Gasteiger partial charge in [0, 0.05) is 5.69 Å². The number of nitrogens with one attached hydrogen (secondary N) is 1. The highest BCUT2D eigenvalue weighted by molar-refractivity contribution is 5.92. The van der Waals surface area contributed by atoms with E-state index in [4.69, 9.17) is 10.5 Å². The summed E-state index contributed by atoms with van der Waals surface area (Å²) in [6, 6.07) is 18.4. The van der Waals surface area contributed by atoms with Gasteiger partial charge in [-0.05, 0) is 35.4 Å². The summed E-state index contributed by atoms with van der Waals surface area (Å²) < 4.78 is 0. The van der Waals surface area contributed by atoms with Crippen LogP contribution in [0.4, 0.5) is 5.69 Å². The van der Waals surface area contributed by atoms with Crippen LogP contribution in [0.1, 0.15) is 12.0 Å². The first kappa shape index (κ1) is 13.3. The van der Waals surface area contributed by atoms with Crippen molar-refractivity contribution in [3.63, 3.8) is 0 Å². The third-order valence-electron chi connectivity index (χ3n) is 2.73. The molecule has 4 nitrogen and oxygen atoms in total. The second kappa shape index (κ2) is 6.17. The van der Waals surface area contributed by atoms with Gasteiger partial charge in [0.1, 0.15) is 6.42 Å². The van der Waals surface area contributed by atoms with Crippen LogP contribution in [0.2, 0.25) is 0 Å². The molecule has 0 spiro atoms. The highest BCUT2D eigenvalue weighted by Crippen LogP contribution is 2.23. The molecule has 0 aliphatic rings. The molecule has 2 aromatic rings. The molecular formula is C16H11N3O. The summed E-state index contributed by atoms with van der Waals surface area (Å²) in [7, 11) is 0. The smallest absolute Gasteiger partial charge is 0.238 e. The van der Waals surface area contributed by atoms with E-state index in [1.807, 2.05) is 30.3 Å². The maximum atomic E-state index is 11.4. The third-order valence-corrected chi connectivity index (χ3v) is 2.73. The zero-order valence-corrected chi connectivity index (χ0v) is 10.6. The van der Waals surface area contributed by atoms with E-state index >= 15 is 0 Å². The van der Waals surface area contributed by atoms with E-state index in [-0.39, 0.29) is 12.3 Å². The fourth-order valence-corrected chi connectivity index (χ4v) is 1.79. The van der Waals surface area contributed by atoms with E-state index in [0.717, 1.165) is 11.1 Å². The molecule has 20 heavy (non-hydrogen) atoms. The zero-order chi connectivity index (χ0) is 14.4. The summed E-state index contributed by atoms with van der Waals surface area (Å²) in [5.41, 5.74) is 3.14. The lowest BCUT2D eigenvalue weighted by molar-refractivity contribution is -0.115. The molecule has 96 valence electrons. The predicted octanol–water partition coefficient (Wildman–Crippen LogP) is 3.08. The van der Waals surface area contributed by atoms with Crippen LogP contribution in [0, 0.1) is 22.7 Å². The van der Waals surface area contributed by atoms with E-state index in [2.05, 4.69) is 11.4 Å². The number of anilines is 1. The topological polar surface area (TPSA) is 76.7 Å². The Morgan fingerprint density at radius 1 is 1.05 bits per heavy atom. The molecule has 0 bridgehead atoms. The monoisotopic (exact) mass is 261 g/mol. The van der Waals surface area contributed by atoms with Crippen molar-refractivity contribution in [3.8, 4) is 23.3 Å². The lowest BCUT2D eigenvalue weighted by Gasteiger charge is -2.06. The van der Waals surface area contributed by atoms with Gasteiger partial charge in [0.15, 0.2) is 0 Å². The molecule has 2 aromatic carbocycles. The molecule has 0 aliphatic heterocycles. The van der Waals surface area contributed by atoms with E-state index in [9.17, 15) is 4.79 Å². The first-order chi connectivity index (χ1) is 9.72. The number of hydrogen-bond acceptors (Lipinski definition) is 3. The lowest BCUT2D eigenvalue weighted by atomic mass is 10.0. The summed E-state index contributed by atoms with van der Waals surface area (Å²) in [4.78, 5) is 11.4. The van der Waals surface area contributed by atoms with Crippen molar-refractivity contribution in [3.05, 3.63) is 54.1 Å².